The van der Waals surface area contributed by atoms with Gasteiger partial charge in [0.1, 0.15) is 5.82 Å². The highest BCUT2D eigenvalue weighted by Gasteiger charge is 2.50. The largest absolute Gasteiger partial charge is 0.336 e. The lowest BCUT2D eigenvalue weighted by atomic mass is 9.71. The van der Waals surface area contributed by atoms with Crippen molar-refractivity contribution in [3.8, 4) is 0 Å². The molecule has 178 valence electrons. The van der Waals surface area contributed by atoms with Gasteiger partial charge < -0.3 is 9.47 Å². The van der Waals surface area contributed by atoms with Crippen LogP contribution in [-0.2, 0) is 24.9 Å². The molecule has 0 bridgehead atoms. The van der Waals surface area contributed by atoms with Crippen LogP contribution in [0.4, 0.5) is 0 Å². The van der Waals surface area contributed by atoms with Gasteiger partial charge in [0.15, 0.2) is 0 Å². The predicted octanol–water partition coefficient (Wildman–Crippen LogP) is 4.43. The SMILES string of the molecule is Cc1ccsc1CN1CC[C@]2(c3ccccc3)CCc3nnc(C(=O)N4CCCCC4)n3C[C@H]12. The molecule has 3 aliphatic heterocycles. The molecule has 6 rings (SSSR count). The van der Waals surface area contributed by atoms with Gasteiger partial charge in [-0.15, -0.1) is 21.5 Å². The maximum Gasteiger partial charge on any atom is 0.291 e. The Labute approximate surface area is 205 Å². The number of hydrogen-bond acceptors (Lipinski definition) is 5. The molecule has 0 unspecified atom stereocenters. The molecular weight excluding hydrogens is 442 g/mol. The van der Waals surface area contributed by atoms with Crippen LogP contribution in [-0.4, -0.2) is 56.1 Å². The Bertz CT molecular complexity index is 1160. The zero-order valence-corrected chi connectivity index (χ0v) is 20.8. The van der Waals surface area contributed by atoms with Gasteiger partial charge in [-0.3, -0.25) is 9.69 Å². The number of likely N-dealkylation sites (tertiary alicyclic amines) is 2. The molecule has 0 aliphatic carbocycles. The number of fused-ring (bicyclic) bond motifs is 2. The summed E-state index contributed by atoms with van der Waals surface area (Å²) in [5, 5.41) is 11.2. The van der Waals surface area contributed by atoms with Gasteiger partial charge in [-0.05, 0) is 68.1 Å². The molecule has 1 aromatic carbocycles. The lowest BCUT2D eigenvalue weighted by Gasteiger charge is -2.38. The first kappa shape index (κ1) is 22.0. The summed E-state index contributed by atoms with van der Waals surface area (Å²) in [4.78, 5) is 19.6. The summed E-state index contributed by atoms with van der Waals surface area (Å²) in [6, 6.07) is 13.6. The van der Waals surface area contributed by atoms with Gasteiger partial charge >= 0.3 is 0 Å². The standard InChI is InChI=1S/C27H33N5OS/c1-20-11-17-34-22(20)18-31-16-13-27(21-8-4-2-5-9-21)12-10-24-28-29-25(32(24)19-23(27)31)26(33)30-14-6-3-7-15-30/h2,4-5,8-9,11,17,23H,3,6-7,10,12-16,18-19H2,1H3/t23-,27-/m0/s1. The molecule has 5 heterocycles. The van der Waals surface area contributed by atoms with Gasteiger partial charge in [0.25, 0.3) is 5.91 Å². The van der Waals surface area contributed by atoms with Crippen LogP contribution in [0, 0.1) is 6.92 Å². The normalized spacial score (nSPS) is 25.1. The zero-order valence-electron chi connectivity index (χ0n) is 19.9. The molecule has 0 radical (unpaired) electrons. The van der Waals surface area contributed by atoms with Crippen molar-refractivity contribution in [2.24, 2.45) is 0 Å². The van der Waals surface area contributed by atoms with Crippen LogP contribution in [0.5, 0.6) is 0 Å². The topological polar surface area (TPSA) is 54.3 Å². The van der Waals surface area contributed by atoms with Gasteiger partial charge in [-0.25, -0.2) is 0 Å². The molecule has 2 aromatic heterocycles. The summed E-state index contributed by atoms with van der Waals surface area (Å²) in [6.45, 7) is 6.70. The first-order valence-electron chi connectivity index (χ1n) is 12.7. The van der Waals surface area contributed by atoms with Gasteiger partial charge in [0.2, 0.25) is 5.82 Å². The highest BCUT2D eigenvalue weighted by Crippen LogP contribution is 2.47. The number of carbonyl (C=O) groups excluding carboxylic acids is 1. The van der Waals surface area contributed by atoms with E-state index < -0.39 is 0 Å². The third kappa shape index (κ3) is 3.69. The van der Waals surface area contributed by atoms with E-state index in [2.05, 4.69) is 68.4 Å². The molecule has 1 amide bonds. The fourth-order valence-corrected chi connectivity index (χ4v) is 7.34. The van der Waals surface area contributed by atoms with Crippen molar-refractivity contribution in [2.45, 2.75) is 70.0 Å². The van der Waals surface area contributed by atoms with E-state index in [0.717, 1.165) is 70.7 Å². The monoisotopic (exact) mass is 475 g/mol. The second-order valence-corrected chi connectivity index (χ2v) is 11.2. The zero-order chi connectivity index (χ0) is 23.1. The molecule has 2 saturated heterocycles. The molecule has 2 atom stereocenters. The quantitative estimate of drug-likeness (QED) is 0.560. The molecule has 6 nitrogen and oxygen atoms in total. The van der Waals surface area contributed by atoms with Crippen molar-refractivity contribution < 1.29 is 4.79 Å². The molecule has 0 saturated carbocycles. The number of thiophene rings is 1. The Hall–Kier alpha value is -2.51. The minimum Gasteiger partial charge on any atom is -0.336 e. The highest BCUT2D eigenvalue weighted by molar-refractivity contribution is 7.10. The number of aryl methyl sites for hydroxylation is 2. The van der Waals surface area contributed by atoms with Crippen LogP contribution in [0.3, 0.4) is 0 Å². The first-order valence-corrected chi connectivity index (χ1v) is 13.6. The number of hydrogen-bond donors (Lipinski definition) is 0. The average molecular weight is 476 g/mol. The van der Waals surface area contributed by atoms with Crippen molar-refractivity contribution in [1.29, 1.82) is 0 Å². The average Bonchev–Trinajstić information content (AvgIpc) is 3.55. The van der Waals surface area contributed by atoms with Crippen LogP contribution < -0.4 is 0 Å². The second-order valence-electron chi connectivity index (χ2n) is 10.2. The van der Waals surface area contributed by atoms with Crippen molar-refractivity contribution in [3.63, 3.8) is 0 Å². The third-order valence-electron chi connectivity index (χ3n) is 8.40. The second kappa shape index (κ2) is 8.93. The van der Waals surface area contributed by atoms with E-state index in [1.54, 1.807) is 0 Å². The number of carbonyl (C=O) groups is 1. The number of rotatable bonds is 4. The Morgan fingerprint density at radius 3 is 2.65 bits per heavy atom. The van der Waals surface area contributed by atoms with Crippen molar-refractivity contribution in [3.05, 3.63) is 69.4 Å². The van der Waals surface area contributed by atoms with Gasteiger partial charge in [0, 0.05) is 48.9 Å². The molecule has 34 heavy (non-hydrogen) atoms. The first-order chi connectivity index (χ1) is 16.7. The molecule has 3 aliphatic rings. The Morgan fingerprint density at radius 1 is 1.06 bits per heavy atom. The van der Waals surface area contributed by atoms with Gasteiger partial charge in [0.05, 0.1) is 0 Å². The summed E-state index contributed by atoms with van der Waals surface area (Å²) in [5.74, 6) is 1.57. The van der Waals surface area contributed by atoms with E-state index in [-0.39, 0.29) is 11.3 Å². The van der Waals surface area contributed by atoms with Gasteiger partial charge in [-0.1, -0.05) is 30.3 Å². The van der Waals surface area contributed by atoms with E-state index in [9.17, 15) is 4.79 Å². The molecule has 7 heteroatoms. The Kier molecular flexibility index (Phi) is 5.77. The molecule has 3 aromatic rings. The van der Waals surface area contributed by atoms with Crippen LogP contribution in [0.2, 0.25) is 0 Å². The van der Waals surface area contributed by atoms with E-state index >= 15 is 0 Å². The van der Waals surface area contributed by atoms with Crippen LogP contribution in [0.1, 0.15) is 64.6 Å². The number of piperidine rings is 1. The van der Waals surface area contributed by atoms with E-state index in [0.29, 0.717) is 11.9 Å². The van der Waals surface area contributed by atoms with Crippen molar-refractivity contribution >= 4 is 17.2 Å². The molecule has 0 spiro atoms. The smallest absolute Gasteiger partial charge is 0.291 e. The maximum atomic E-state index is 13.5. The fraction of sp³-hybridized carbons (Fsp3) is 0.519. The maximum absolute atomic E-state index is 13.5. The molecular formula is C27H33N5OS. The van der Waals surface area contributed by atoms with Crippen molar-refractivity contribution in [1.82, 2.24) is 24.6 Å². The number of benzene rings is 1. The Morgan fingerprint density at radius 2 is 1.88 bits per heavy atom. The molecule has 2 fully saturated rings. The minimum absolute atomic E-state index is 0.0595. The van der Waals surface area contributed by atoms with Gasteiger partial charge in [-0.2, -0.15) is 0 Å². The van der Waals surface area contributed by atoms with Crippen LogP contribution in [0.25, 0.3) is 0 Å². The van der Waals surface area contributed by atoms with Crippen LogP contribution >= 0.6 is 11.3 Å². The Balaban J connectivity index is 1.37. The van der Waals surface area contributed by atoms with E-state index in [4.69, 9.17) is 0 Å². The number of nitrogens with zero attached hydrogens (tertiary/aromatic N) is 5. The highest BCUT2D eigenvalue weighted by atomic mass is 32.1. The predicted molar refractivity (Wildman–Crippen MR) is 134 cm³/mol. The number of amides is 1. The number of aromatic nitrogens is 3. The summed E-state index contributed by atoms with van der Waals surface area (Å²) in [7, 11) is 0. The van der Waals surface area contributed by atoms with Crippen molar-refractivity contribution in [2.75, 3.05) is 19.6 Å². The fourth-order valence-electron chi connectivity index (χ4n) is 6.40. The third-order valence-corrected chi connectivity index (χ3v) is 9.41. The molecule has 0 N–H and O–H groups in total. The van der Waals surface area contributed by atoms with E-state index in [1.807, 2.05) is 16.2 Å². The summed E-state index contributed by atoms with van der Waals surface area (Å²) >= 11 is 1.86. The van der Waals surface area contributed by atoms with Crippen LogP contribution in [0.15, 0.2) is 41.8 Å². The minimum atomic E-state index is 0.0595. The summed E-state index contributed by atoms with van der Waals surface area (Å²) in [5.41, 5.74) is 2.87. The summed E-state index contributed by atoms with van der Waals surface area (Å²) in [6.07, 6.45) is 6.41. The summed E-state index contributed by atoms with van der Waals surface area (Å²) < 4.78 is 2.17. The van der Waals surface area contributed by atoms with E-state index in [1.165, 1.54) is 22.4 Å². The lowest BCUT2D eigenvalue weighted by Crippen LogP contribution is -2.45. The lowest BCUT2D eigenvalue weighted by molar-refractivity contribution is 0.0702.